The summed E-state index contributed by atoms with van der Waals surface area (Å²) in [7, 11) is 0. The molecule has 1 aliphatic heterocycles. The van der Waals surface area contributed by atoms with Crippen molar-refractivity contribution in [2.75, 3.05) is 0 Å². The number of benzene rings is 6. The molecule has 5 nitrogen and oxygen atoms in total. The molecule has 46 heavy (non-hydrogen) atoms. The second-order valence-electron chi connectivity index (χ2n) is 11.8. The number of nitrogens with zero attached hydrogens (tertiary/aromatic N) is 1. The van der Waals surface area contributed by atoms with Crippen LogP contribution in [0.25, 0.3) is 66.1 Å². The van der Waals surface area contributed by atoms with Gasteiger partial charge in [-0.15, -0.1) is 0 Å². The first kappa shape index (κ1) is 27.4. The van der Waals surface area contributed by atoms with Gasteiger partial charge in [0.15, 0.2) is 0 Å². The van der Waals surface area contributed by atoms with E-state index in [0.717, 1.165) is 79.1 Å². The first-order chi connectivity index (χ1) is 22.6. The van der Waals surface area contributed by atoms with E-state index >= 15 is 0 Å². The van der Waals surface area contributed by atoms with E-state index in [1.54, 1.807) is 0 Å². The second-order valence-corrected chi connectivity index (χ2v) is 11.8. The molecule has 0 radical (unpaired) electrons. The topological polar surface area (TPSA) is 84.8 Å². The Morgan fingerprint density at radius 3 is 2.22 bits per heavy atom. The summed E-state index contributed by atoms with van der Waals surface area (Å²) in [4.78, 5) is 0. The van der Waals surface area contributed by atoms with Crippen molar-refractivity contribution in [3.63, 3.8) is 0 Å². The lowest BCUT2D eigenvalue weighted by Gasteiger charge is -2.23. The summed E-state index contributed by atoms with van der Waals surface area (Å²) in [5.41, 5.74) is 9.69. The van der Waals surface area contributed by atoms with Crippen molar-refractivity contribution in [2.45, 2.75) is 19.0 Å². The summed E-state index contributed by atoms with van der Waals surface area (Å²) < 4.78 is 6.40. The third-order valence-corrected chi connectivity index (χ3v) is 8.84. The van der Waals surface area contributed by atoms with Crippen molar-refractivity contribution < 1.29 is 4.42 Å². The standard InChI is InChI=1S/C41H30N4O/c42-25-26-10-12-28(13-11-26)35-7-4-8-36-37-24-32(18-19-38(37)46-40(35)36)31-17-15-27-14-16-30(22-34(27)23-31)29-5-3-6-33(21-29)41(43)45-39-9-1-2-20-44-39/h2-8,10-24,39,44H,1,9H2,(H2,43,45). The molecule has 0 spiro atoms. The highest BCUT2D eigenvalue weighted by Gasteiger charge is 2.15. The maximum Gasteiger partial charge on any atom is 0.143 e. The molecule has 6 aromatic carbocycles. The van der Waals surface area contributed by atoms with Crippen LogP contribution < -0.4 is 10.6 Å². The lowest BCUT2D eigenvalue weighted by atomic mass is 9.96. The highest BCUT2D eigenvalue weighted by atomic mass is 16.3. The lowest BCUT2D eigenvalue weighted by molar-refractivity contribution is 0.497. The number of hydrogen-bond donors (Lipinski definition) is 3. The zero-order valence-electron chi connectivity index (χ0n) is 25.0. The Balaban J connectivity index is 1.12. The number of allylic oxidation sites excluding steroid dienone is 1. The average Bonchev–Trinajstić information content (AvgIpc) is 3.50. The molecule has 8 rings (SSSR count). The highest BCUT2D eigenvalue weighted by molar-refractivity contribution is 6.10. The highest BCUT2D eigenvalue weighted by Crippen LogP contribution is 2.38. The number of nitriles is 1. The normalized spacial score (nSPS) is 14.3. The van der Waals surface area contributed by atoms with Crippen molar-refractivity contribution in [2.24, 2.45) is 0 Å². The van der Waals surface area contributed by atoms with E-state index in [9.17, 15) is 5.26 Å². The van der Waals surface area contributed by atoms with E-state index in [1.165, 1.54) is 5.39 Å². The molecule has 7 aromatic rings. The molecule has 0 saturated heterocycles. The Kier molecular flexibility index (Phi) is 6.81. The van der Waals surface area contributed by atoms with Gasteiger partial charge < -0.3 is 15.1 Å². The van der Waals surface area contributed by atoms with Crippen molar-refractivity contribution >= 4 is 38.5 Å². The third-order valence-electron chi connectivity index (χ3n) is 8.84. The van der Waals surface area contributed by atoms with Crippen LogP contribution in [-0.2, 0) is 0 Å². The molecule has 1 aliphatic rings. The van der Waals surface area contributed by atoms with Gasteiger partial charge in [0.05, 0.1) is 17.8 Å². The monoisotopic (exact) mass is 594 g/mol. The predicted octanol–water partition coefficient (Wildman–Crippen LogP) is 9.75. The molecule has 220 valence electrons. The van der Waals surface area contributed by atoms with Gasteiger partial charge >= 0.3 is 0 Å². The number of amidine groups is 1. The number of nitrogens with one attached hydrogen (secondary N) is 3. The number of rotatable bonds is 5. The third kappa shape index (κ3) is 5.06. The fraction of sp³-hybridized carbons (Fsp3) is 0.0732. The number of furan rings is 1. The van der Waals surface area contributed by atoms with Crippen molar-refractivity contribution in [1.29, 1.82) is 10.7 Å². The first-order valence-corrected chi connectivity index (χ1v) is 15.5. The molecule has 1 atom stereocenters. The molecule has 0 aliphatic carbocycles. The Morgan fingerprint density at radius 1 is 0.739 bits per heavy atom. The van der Waals surface area contributed by atoms with E-state index in [-0.39, 0.29) is 6.17 Å². The van der Waals surface area contributed by atoms with Crippen LogP contribution in [0.5, 0.6) is 0 Å². The van der Waals surface area contributed by atoms with Gasteiger partial charge in [-0.2, -0.15) is 5.26 Å². The van der Waals surface area contributed by atoms with E-state index in [4.69, 9.17) is 9.83 Å². The molecule has 3 N–H and O–H groups in total. The SMILES string of the molecule is N#Cc1ccc(-c2cccc3c2oc2ccc(-c4ccc5ccc(-c6cccc(C(=N)NC7CCC=CN7)c6)cc5c4)cc23)cc1. The number of para-hydroxylation sites is 1. The van der Waals surface area contributed by atoms with Crippen LogP contribution in [0.2, 0.25) is 0 Å². The molecule has 0 fully saturated rings. The Morgan fingerprint density at radius 2 is 1.46 bits per heavy atom. The Labute approximate surface area is 266 Å². The Bertz CT molecular complexity index is 2360. The van der Waals surface area contributed by atoms with E-state index < -0.39 is 0 Å². The van der Waals surface area contributed by atoms with Crippen LogP contribution in [0.15, 0.2) is 138 Å². The second kappa shape index (κ2) is 11.4. The van der Waals surface area contributed by atoms with Gasteiger partial charge in [-0.25, -0.2) is 0 Å². The molecule has 0 saturated carbocycles. The van der Waals surface area contributed by atoms with Gasteiger partial charge in [-0.1, -0.05) is 84.9 Å². The smallest absolute Gasteiger partial charge is 0.143 e. The van der Waals surface area contributed by atoms with Gasteiger partial charge in [0.25, 0.3) is 0 Å². The Hall–Kier alpha value is -6.12. The molecular weight excluding hydrogens is 564 g/mol. The summed E-state index contributed by atoms with van der Waals surface area (Å²) in [5, 5.41) is 28.9. The van der Waals surface area contributed by atoms with Crippen molar-refractivity contribution in [1.82, 2.24) is 10.6 Å². The van der Waals surface area contributed by atoms with Crippen LogP contribution in [0.1, 0.15) is 24.0 Å². The average molecular weight is 595 g/mol. The molecule has 0 amide bonds. The molecule has 0 bridgehead atoms. The quantitative estimate of drug-likeness (QED) is 0.137. The largest absolute Gasteiger partial charge is 0.455 e. The minimum absolute atomic E-state index is 0.0732. The molecule has 1 unspecified atom stereocenters. The zero-order chi connectivity index (χ0) is 31.0. The molecule has 1 aromatic heterocycles. The fourth-order valence-electron chi connectivity index (χ4n) is 6.37. The number of hydrogen-bond acceptors (Lipinski definition) is 4. The molecule has 2 heterocycles. The van der Waals surface area contributed by atoms with E-state index in [0.29, 0.717) is 11.4 Å². The van der Waals surface area contributed by atoms with Gasteiger partial charge in [0.2, 0.25) is 0 Å². The summed E-state index contributed by atoms with van der Waals surface area (Å²) in [5.74, 6) is 0.420. The minimum Gasteiger partial charge on any atom is -0.455 e. The zero-order valence-corrected chi connectivity index (χ0v) is 25.0. The fourth-order valence-corrected chi connectivity index (χ4v) is 6.37. The predicted molar refractivity (Wildman–Crippen MR) is 188 cm³/mol. The van der Waals surface area contributed by atoms with E-state index in [1.807, 2.05) is 42.6 Å². The lowest BCUT2D eigenvalue weighted by Crippen LogP contribution is -2.44. The summed E-state index contributed by atoms with van der Waals surface area (Å²) in [6, 6.07) is 43.8. The van der Waals surface area contributed by atoms with Crippen LogP contribution in [0, 0.1) is 16.7 Å². The maximum absolute atomic E-state index is 9.20. The van der Waals surface area contributed by atoms with Crippen LogP contribution in [-0.4, -0.2) is 12.0 Å². The molecule has 5 heteroatoms. The van der Waals surface area contributed by atoms with Gasteiger partial charge in [-0.3, -0.25) is 5.41 Å². The van der Waals surface area contributed by atoms with Crippen LogP contribution >= 0.6 is 0 Å². The van der Waals surface area contributed by atoms with E-state index in [2.05, 4.69) is 108 Å². The number of fused-ring (bicyclic) bond motifs is 4. The van der Waals surface area contributed by atoms with Crippen LogP contribution in [0.4, 0.5) is 0 Å². The van der Waals surface area contributed by atoms with Gasteiger partial charge in [0, 0.05) is 21.9 Å². The summed E-state index contributed by atoms with van der Waals surface area (Å²) in [6.45, 7) is 0. The van der Waals surface area contributed by atoms with Crippen LogP contribution in [0.3, 0.4) is 0 Å². The molecular formula is C41H30N4O. The summed E-state index contributed by atoms with van der Waals surface area (Å²) >= 11 is 0. The van der Waals surface area contributed by atoms with Crippen molar-refractivity contribution in [3.8, 4) is 39.4 Å². The summed E-state index contributed by atoms with van der Waals surface area (Å²) in [6.07, 6.45) is 6.10. The van der Waals surface area contributed by atoms with Gasteiger partial charge in [-0.05, 0) is 100 Å². The maximum atomic E-state index is 9.20. The first-order valence-electron chi connectivity index (χ1n) is 15.5. The van der Waals surface area contributed by atoms with Gasteiger partial charge in [0.1, 0.15) is 17.0 Å². The minimum atomic E-state index is 0.0732. The van der Waals surface area contributed by atoms with Crippen molar-refractivity contribution in [3.05, 3.63) is 145 Å².